The first-order valence-corrected chi connectivity index (χ1v) is 9.45. The van der Waals surface area contributed by atoms with Crippen molar-refractivity contribution in [1.82, 2.24) is 4.98 Å². The third-order valence-corrected chi connectivity index (χ3v) is 4.98. The van der Waals surface area contributed by atoms with E-state index in [4.69, 9.17) is 4.42 Å². The van der Waals surface area contributed by atoms with Gasteiger partial charge in [0.2, 0.25) is 0 Å². The smallest absolute Gasteiger partial charge is 0.192 e. The highest BCUT2D eigenvalue weighted by Crippen LogP contribution is 2.32. The van der Waals surface area contributed by atoms with E-state index in [0.29, 0.717) is 11.7 Å². The summed E-state index contributed by atoms with van der Waals surface area (Å²) in [5.41, 5.74) is 2.50. The van der Waals surface area contributed by atoms with Crippen LogP contribution in [0.4, 0.5) is 0 Å². The van der Waals surface area contributed by atoms with Crippen LogP contribution in [0.3, 0.4) is 0 Å². The van der Waals surface area contributed by atoms with Crippen molar-refractivity contribution in [2.45, 2.75) is 11.8 Å². The topological polar surface area (TPSA) is 60.2 Å². The number of hydrogen-bond acceptors (Lipinski definition) is 4. The normalized spacial score (nSPS) is 11.6. The molecule has 1 unspecified atom stereocenters. The predicted octanol–water partition coefficient (Wildman–Crippen LogP) is 3.22. The molecule has 4 nitrogen and oxygen atoms in total. The molecule has 1 aromatic heterocycles. The van der Waals surface area contributed by atoms with Crippen molar-refractivity contribution in [3.63, 3.8) is 0 Å². The molecular formula is C17H16NO3PS. The Bertz CT molecular complexity index is 943. The SMILES string of the molecule is Cc1nc(-c2ccc(P)cc2)c(-c2ccc(S(C)(=O)=O)cc2)o1. The molecule has 0 amide bonds. The first-order chi connectivity index (χ1) is 10.8. The molecule has 0 radical (unpaired) electrons. The lowest BCUT2D eigenvalue weighted by Gasteiger charge is -2.04. The molecule has 0 saturated heterocycles. The lowest BCUT2D eigenvalue weighted by Crippen LogP contribution is -1.96. The number of hydrogen-bond donors (Lipinski definition) is 0. The number of rotatable bonds is 3. The van der Waals surface area contributed by atoms with E-state index in [-0.39, 0.29) is 4.90 Å². The standard InChI is InChI=1S/C17H16NO3PS/c1-11-18-16(12-3-7-14(22)8-4-12)17(21-11)13-5-9-15(10-6-13)23(2,19)20/h3-10H,22H2,1-2H3. The minimum atomic E-state index is -3.21. The van der Waals surface area contributed by atoms with E-state index in [1.165, 1.54) is 6.26 Å². The number of benzene rings is 2. The summed E-state index contributed by atoms with van der Waals surface area (Å²) in [6, 6.07) is 14.6. The summed E-state index contributed by atoms with van der Waals surface area (Å²) < 4.78 is 28.9. The molecule has 0 fully saturated rings. The molecule has 0 aliphatic rings. The zero-order chi connectivity index (χ0) is 16.6. The van der Waals surface area contributed by atoms with Gasteiger partial charge in [0.05, 0.1) is 4.90 Å². The van der Waals surface area contributed by atoms with E-state index in [9.17, 15) is 8.42 Å². The summed E-state index contributed by atoms with van der Waals surface area (Å²) in [5.74, 6) is 1.20. The highest BCUT2D eigenvalue weighted by molar-refractivity contribution is 7.90. The minimum Gasteiger partial charge on any atom is -0.440 e. The second kappa shape index (κ2) is 5.91. The molecule has 3 rings (SSSR count). The van der Waals surface area contributed by atoms with Gasteiger partial charge in [0, 0.05) is 24.3 Å². The Hall–Kier alpha value is -1.97. The fourth-order valence-electron chi connectivity index (χ4n) is 2.31. The van der Waals surface area contributed by atoms with Gasteiger partial charge in [0.1, 0.15) is 5.69 Å². The Morgan fingerprint density at radius 1 is 0.957 bits per heavy atom. The maximum absolute atomic E-state index is 11.6. The third-order valence-electron chi connectivity index (χ3n) is 3.46. The average molecular weight is 345 g/mol. The maximum atomic E-state index is 11.6. The molecule has 0 saturated carbocycles. The zero-order valence-corrected chi connectivity index (χ0v) is 14.7. The summed E-state index contributed by atoms with van der Waals surface area (Å²) in [7, 11) is -0.568. The second-order valence-corrected chi connectivity index (χ2v) is 8.01. The molecule has 2 aromatic carbocycles. The number of oxazole rings is 1. The molecule has 0 aliphatic heterocycles. The monoisotopic (exact) mass is 345 g/mol. The Morgan fingerprint density at radius 3 is 2.09 bits per heavy atom. The predicted molar refractivity (Wildman–Crippen MR) is 94.6 cm³/mol. The van der Waals surface area contributed by atoms with Crippen LogP contribution in [-0.4, -0.2) is 19.7 Å². The van der Waals surface area contributed by atoms with Crippen LogP contribution < -0.4 is 5.30 Å². The largest absolute Gasteiger partial charge is 0.440 e. The van der Waals surface area contributed by atoms with Gasteiger partial charge in [0.15, 0.2) is 21.5 Å². The van der Waals surface area contributed by atoms with Gasteiger partial charge in [-0.1, -0.05) is 24.3 Å². The molecule has 23 heavy (non-hydrogen) atoms. The van der Waals surface area contributed by atoms with Crippen LogP contribution in [0.15, 0.2) is 57.8 Å². The summed E-state index contributed by atoms with van der Waals surface area (Å²) in [6.45, 7) is 1.79. The molecule has 6 heteroatoms. The fourth-order valence-corrected chi connectivity index (χ4v) is 3.14. The number of sulfone groups is 1. The molecule has 0 bridgehead atoms. The highest BCUT2D eigenvalue weighted by atomic mass is 32.2. The van der Waals surface area contributed by atoms with Gasteiger partial charge in [-0.15, -0.1) is 9.24 Å². The molecule has 1 heterocycles. The van der Waals surface area contributed by atoms with Crippen molar-refractivity contribution in [3.05, 3.63) is 54.4 Å². The average Bonchev–Trinajstić information content (AvgIpc) is 2.89. The maximum Gasteiger partial charge on any atom is 0.192 e. The number of aromatic nitrogens is 1. The van der Waals surface area contributed by atoms with Crippen molar-refractivity contribution in [1.29, 1.82) is 0 Å². The number of aryl methyl sites for hydroxylation is 1. The second-order valence-electron chi connectivity index (χ2n) is 5.33. The molecule has 118 valence electrons. The molecule has 0 spiro atoms. The van der Waals surface area contributed by atoms with E-state index in [0.717, 1.165) is 22.1 Å². The van der Waals surface area contributed by atoms with Gasteiger partial charge in [0.25, 0.3) is 0 Å². The minimum absolute atomic E-state index is 0.284. The van der Waals surface area contributed by atoms with E-state index < -0.39 is 9.84 Å². The summed E-state index contributed by atoms with van der Waals surface area (Å²) in [5, 5.41) is 1.09. The van der Waals surface area contributed by atoms with Crippen LogP contribution in [0.1, 0.15) is 5.89 Å². The summed E-state index contributed by atoms with van der Waals surface area (Å²) in [6.07, 6.45) is 1.19. The highest BCUT2D eigenvalue weighted by Gasteiger charge is 2.16. The Labute approximate surface area is 137 Å². The van der Waals surface area contributed by atoms with Crippen LogP contribution in [0.2, 0.25) is 0 Å². The molecule has 0 N–H and O–H groups in total. The van der Waals surface area contributed by atoms with Crippen molar-refractivity contribution in [3.8, 4) is 22.6 Å². The Kier molecular flexibility index (Phi) is 4.09. The van der Waals surface area contributed by atoms with Crippen molar-refractivity contribution in [2.24, 2.45) is 0 Å². The van der Waals surface area contributed by atoms with Crippen molar-refractivity contribution in [2.75, 3.05) is 6.26 Å². The van der Waals surface area contributed by atoms with Crippen LogP contribution in [0, 0.1) is 6.92 Å². The summed E-state index contributed by atoms with van der Waals surface area (Å²) >= 11 is 0. The van der Waals surface area contributed by atoms with Gasteiger partial charge >= 0.3 is 0 Å². The van der Waals surface area contributed by atoms with Crippen molar-refractivity contribution >= 4 is 24.4 Å². The molecule has 3 aromatic rings. The quantitative estimate of drug-likeness (QED) is 0.684. The molecular weight excluding hydrogens is 329 g/mol. The Balaban J connectivity index is 2.09. The summed E-state index contributed by atoms with van der Waals surface area (Å²) in [4.78, 5) is 4.75. The zero-order valence-electron chi connectivity index (χ0n) is 12.8. The van der Waals surface area contributed by atoms with E-state index >= 15 is 0 Å². The fraction of sp³-hybridized carbons (Fsp3) is 0.118. The molecule has 0 aliphatic carbocycles. The van der Waals surface area contributed by atoms with Gasteiger partial charge < -0.3 is 4.42 Å². The van der Waals surface area contributed by atoms with Gasteiger partial charge in [-0.3, -0.25) is 0 Å². The Morgan fingerprint density at radius 2 is 1.52 bits per heavy atom. The van der Waals surface area contributed by atoms with Crippen LogP contribution in [-0.2, 0) is 9.84 Å². The number of nitrogens with zero attached hydrogens (tertiary/aromatic N) is 1. The van der Waals surface area contributed by atoms with Crippen molar-refractivity contribution < 1.29 is 12.8 Å². The van der Waals surface area contributed by atoms with E-state index in [1.54, 1.807) is 31.2 Å². The van der Waals surface area contributed by atoms with Crippen LogP contribution >= 0.6 is 9.24 Å². The molecule has 1 atom stereocenters. The van der Waals surface area contributed by atoms with E-state index in [2.05, 4.69) is 14.2 Å². The van der Waals surface area contributed by atoms with Crippen LogP contribution in [0.5, 0.6) is 0 Å². The van der Waals surface area contributed by atoms with Gasteiger partial charge in [-0.2, -0.15) is 0 Å². The first kappa shape index (κ1) is 15.9. The van der Waals surface area contributed by atoms with Crippen LogP contribution in [0.25, 0.3) is 22.6 Å². The van der Waals surface area contributed by atoms with Gasteiger partial charge in [-0.25, -0.2) is 13.4 Å². The van der Waals surface area contributed by atoms with E-state index in [1.807, 2.05) is 24.3 Å². The first-order valence-electron chi connectivity index (χ1n) is 6.98. The lowest BCUT2D eigenvalue weighted by atomic mass is 10.1. The van der Waals surface area contributed by atoms with Gasteiger partial charge in [-0.05, 0) is 29.6 Å². The third kappa shape index (κ3) is 3.36. The lowest BCUT2D eigenvalue weighted by molar-refractivity contribution is 0.534.